The Morgan fingerprint density at radius 3 is 2.71 bits per heavy atom. The van der Waals surface area contributed by atoms with Crippen LogP contribution in [0.25, 0.3) is 0 Å². The quantitative estimate of drug-likeness (QED) is 0.644. The lowest BCUT2D eigenvalue weighted by Gasteiger charge is -2.17. The van der Waals surface area contributed by atoms with Gasteiger partial charge < -0.3 is 15.5 Å². The number of aliphatic hydroxyl groups excluding tert-OH is 1. The minimum Gasteiger partial charge on any atom is -0.478 e. The lowest BCUT2D eigenvalue weighted by Crippen LogP contribution is -2.26. The average Bonchev–Trinajstić information content (AvgIpc) is 2.58. The molecule has 4 nitrogen and oxygen atoms in total. The zero-order chi connectivity index (χ0) is 17.5. The monoisotopic (exact) mass is 391 g/mol. The highest BCUT2D eigenvalue weighted by Gasteiger charge is 2.11. The van der Waals surface area contributed by atoms with Gasteiger partial charge in [0.25, 0.3) is 0 Å². The van der Waals surface area contributed by atoms with E-state index in [-0.39, 0.29) is 18.1 Å². The molecule has 0 saturated heterocycles. The zero-order valence-corrected chi connectivity index (χ0v) is 15.2. The van der Waals surface area contributed by atoms with E-state index in [4.69, 9.17) is 5.11 Å². The Kier molecular flexibility index (Phi) is 6.97. The summed E-state index contributed by atoms with van der Waals surface area (Å²) in [6, 6.07) is 13.0. The van der Waals surface area contributed by atoms with Gasteiger partial charge in [0.15, 0.2) is 0 Å². The van der Waals surface area contributed by atoms with Crippen LogP contribution in [-0.4, -0.2) is 29.3 Å². The van der Waals surface area contributed by atoms with Crippen LogP contribution in [0.2, 0.25) is 0 Å². The number of benzene rings is 2. The van der Waals surface area contributed by atoms with Gasteiger partial charge in [-0.25, -0.2) is 4.79 Å². The summed E-state index contributed by atoms with van der Waals surface area (Å²) >= 11 is 3.53. The maximum atomic E-state index is 11.0. The molecule has 0 saturated carbocycles. The topological polar surface area (TPSA) is 69.6 Å². The van der Waals surface area contributed by atoms with Crippen molar-refractivity contribution < 1.29 is 15.0 Å². The number of halogens is 1. The number of carboxylic acids is 1. The first-order chi connectivity index (χ1) is 11.5. The summed E-state index contributed by atoms with van der Waals surface area (Å²) in [5.74, 6) is -0.809. The van der Waals surface area contributed by atoms with Crippen molar-refractivity contribution in [1.82, 2.24) is 5.32 Å². The summed E-state index contributed by atoms with van der Waals surface area (Å²) in [5, 5.41) is 22.0. The standard InChI is InChI=1S/C19H22BrNO3/c1-13-16(5-3-7-18(13)20)9-15(12-22)11-21-10-14-4-2-6-17(8-14)19(23)24/h2-8,15,21-22H,9-12H2,1H3,(H,23,24). The maximum Gasteiger partial charge on any atom is 0.335 e. The van der Waals surface area contributed by atoms with Crippen LogP contribution >= 0.6 is 15.9 Å². The molecule has 5 heteroatoms. The summed E-state index contributed by atoms with van der Waals surface area (Å²) in [4.78, 5) is 11.0. The van der Waals surface area contributed by atoms with Crippen molar-refractivity contribution in [1.29, 1.82) is 0 Å². The Hall–Kier alpha value is -1.69. The molecule has 0 aliphatic heterocycles. The van der Waals surface area contributed by atoms with Crippen molar-refractivity contribution in [3.8, 4) is 0 Å². The molecule has 0 aromatic heterocycles. The fraction of sp³-hybridized carbons (Fsp3) is 0.316. The summed E-state index contributed by atoms with van der Waals surface area (Å²) in [6.45, 7) is 3.42. The van der Waals surface area contributed by atoms with Crippen molar-refractivity contribution in [3.63, 3.8) is 0 Å². The van der Waals surface area contributed by atoms with Gasteiger partial charge in [0.1, 0.15) is 0 Å². The number of hydrogen-bond acceptors (Lipinski definition) is 3. The van der Waals surface area contributed by atoms with E-state index in [1.807, 2.05) is 18.2 Å². The molecule has 3 N–H and O–H groups in total. The third-order valence-electron chi connectivity index (χ3n) is 4.08. The Morgan fingerprint density at radius 1 is 1.25 bits per heavy atom. The van der Waals surface area contributed by atoms with E-state index in [0.717, 1.165) is 16.5 Å². The number of nitrogens with one attached hydrogen (secondary N) is 1. The van der Waals surface area contributed by atoms with Gasteiger partial charge in [0, 0.05) is 24.2 Å². The van der Waals surface area contributed by atoms with Crippen molar-refractivity contribution in [2.45, 2.75) is 19.9 Å². The molecule has 0 fully saturated rings. The Labute approximate surface area is 150 Å². The van der Waals surface area contributed by atoms with E-state index in [2.05, 4.69) is 34.2 Å². The first-order valence-corrected chi connectivity index (χ1v) is 8.68. The molecule has 0 aliphatic carbocycles. The summed E-state index contributed by atoms with van der Waals surface area (Å²) in [6.07, 6.45) is 0.796. The van der Waals surface area contributed by atoms with Gasteiger partial charge in [-0.15, -0.1) is 0 Å². The molecule has 2 rings (SSSR count). The lowest BCUT2D eigenvalue weighted by atomic mass is 9.96. The van der Waals surface area contributed by atoms with Crippen molar-refractivity contribution >= 4 is 21.9 Å². The molecule has 128 valence electrons. The van der Waals surface area contributed by atoms with Crippen LogP contribution in [0.15, 0.2) is 46.9 Å². The Morgan fingerprint density at radius 2 is 2.00 bits per heavy atom. The molecule has 0 spiro atoms. The molecular weight excluding hydrogens is 370 g/mol. The molecule has 1 atom stereocenters. The predicted octanol–water partition coefficient (Wildman–Crippen LogP) is 3.40. The van der Waals surface area contributed by atoms with Crippen molar-refractivity contribution in [3.05, 3.63) is 69.2 Å². The van der Waals surface area contributed by atoms with Crippen molar-refractivity contribution in [2.24, 2.45) is 5.92 Å². The van der Waals surface area contributed by atoms with Gasteiger partial charge in [-0.2, -0.15) is 0 Å². The predicted molar refractivity (Wildman–Crippen MR) is 98.3 cm³/mol. The Bertz CT molecular complexity index is 703. The molecule has 2 aromatic rings. The van der Waals surface area contributed by atoms with Crippen LogP contribution in [-0.2, 0) is 13.0 Å². The molecule has 1 unspecified atom stereocenters. The van der Waals surface area contributed by atoms with Gasteiger partial charge in [-0.3, -0.25) is 0 Å². The van der Waals surface area contributed by atoms with E-state index < -0.39 is 5.97 Å². The third kappa shape index (κ3) is 5.16. The zero-order valence-electron chi connectivity index (χ0n) is 13.6. The first-order valence-electron chi connectivity index (χ1n) is 7.89. The first kappa shape index (κ1) is 18.6. The van der Waals surface area contributed by atoms with Gasteiger partial charge in [-0.05, 0) is 54.2 Å². The van der Waals surface area contributed by atoms with Crippen LogP contribution in [0.1, 0.15) is 27.0 Å². The second-order valence-electron chi connectivity index (χ2n) is 5.91. The van der Waals surface area contributed by atoms with Crippen LogP contribution < -0.4 is 5.32 Å². The summed E-state index contributed by atoms with van der Waals surface area (Å²) < 4.78 is 1.08. The molecule has 0 bridgehead atoms. The van der Waals surface area contributed by atoms with Crippen LogP contribution in [0.3, 0.4) is 0 Å². The third-order valence-corrected chi connectivity index (χ3v) is 4.94. The minimum atomic E-state index is -0.921. The number of aromatic carboxylic acids is 1. The maximum absolute atomic E-state index is 11.0. The molecule has 24 heavy (non-hydrogen) atoms. The molecule has 2 aromatic carbocycles. The highest BCUT2D eigenvalue weighted by atomic mass is 79.9. The van der Waals surface area contributed by atoms with Gasteiger partial charge in [0.05, 0.1) is 5.56 Å². The van der Waals surface area contributed by atoms with Crippen LogP contribution in [0.4, 0.5) is 0 Å². The fourth-order valence-corrected chi connectivity index (χ4v) is 3.03. The van der Waals surface area contributed by atoms with E-state index >= 15 is 0 Å². The number of hydrogen-bond donors (Lipinski definition) is 3. The largest absolute Gasteiger partial charge is 0.478 e. The van der Waals surface area contributed by atoms with Crippen LogP contribution in [0.5, 0.6) is 0 Å². The van der Waals surface area contributed by atoms with Gasteiger partial charge in [-0.1, -0.05) is 40.2 Å². The van der Waals surface area contributed by atoms with E-state index in [1.54, 1.807) is 18.2 Å². The normalized spacial score (nSPS) is 12.1. The Balaban J connectivity index is 1.91. The number of aliphatic hydroxyl groups is 1. The minimum absolute atomic E-state index is 0.105. The lowest BCUT2D eigenvalue weighted by molar-refractivity contribution is 0.0696. The smallest absolute Gasteiger partial charge is 0.335 e. The van der Waals surface area contributed by atoms with Crippen molar-refractivity contribution in [2.75, 3.05) is 13.2 Å². The fourth-order valence-electron chi connectivity index (χ4n) is 2.62. The highest BCUT2D eigenvalue weighted by Crippen LogP contribution is 2.21. The van der Waals surface area contributed by atoms with Crippen LogP contribution in [0, 0.1) is 12.8 Å². The molecule has 0 aliphatic rings. The van der Waals surface area contributed by atoms with Gasteiger partial charge >= 0.3 is 5.97 Å². The number of rotatable bonds is 8. The SMILES string of the molecule is Cc1c(Br)cccc1CC(CO)CNCc1cccc(C(=O)O)c1. The number of carbonyl (C=O) groups is 1. The average molecular weight is 392 g/mol. The van der Waals surface area contributed by atoms with E-state index in [1.165, 1.54) is 11.1 Å². The molecule has 0 amide bonds. The summed E-state index contributed by atoms with van der Waals surface area (Å²) in [7, 11) is 0. The molecule has 0 radical (unpaired) electrons. The summed E-state index contributed by atoms with van der Waals surface area (Å²) in [5.41, 5.74) is 3.63. The highest BCUT2D eigenvalue weighted by molar-refractivity contribution is 9.10. The second-order valence-corrected chi connectivity index (χ2v) is 6.77. The second kappa shape index (κ2) is 8.97. The van der Waals surface area contributed by atoms with E-state index in [9.17, 15) is 9.90 Å². The molecular formula is C19H22BrNO3. The number of carboxylic acid groups (broad SMARTS) is 1. The van der Waals surface area contributed by atoms with E-state index in [0.29, 0.717) is 13.1 Å². The van der Waals surface area contributed by atoms with Gasteiger partial charge in [0.2, 0.25) is 0 Å². The molecule has 0 heterocycles.